The number of methoxy groups -OCH3 is 1. The molecule has 5 heteroatoms. The van der Waals surface area contributed by atoms with E-state index < -0.39 is 0 Å². The predicted octanol–water partition coefficient (Wildman–Crippen LogP) is 1.34. The zero-order valence-corrected chi connectivity index (χ0v) is 11.9. The van der Waals surface area contributed by atoms with Gasteiger partial charge in [0.15, 0.2) is 0 Å². The van der Waals surface area contributed by atoms with Crippen molar-refractivity contribution in [1.29, 1.82) is 0 Å². The first-order chi connectivity index (χ1) is 9.88. The van der Waals surface area contributed by atoms with Gasteiger partial charge in [0.25, 0.3) is 0 Å². The molecule has 0 amide bonds. The highest BCUT2D eigenvalue weighted by atomic mass is 16.5. The summed E-state index contributed by atoms with van der Waals surface area (Å²) in [6.45, 7) is 3.51. The monoisotopic (exact) mass is 278 g/mol. The molecule has 2 heterocycles. The number of rotatable bonds is 5. The molecule has 1 aromatic rings. The quantitative estimate of drug-likeness (QED) is 0.813. The lowest BCUT2D eigenvalue weighted by atomic mass is 10.1. The molecule has 1 saturated carbocycles. The van der Waals surface area contributed by atoms with Gasteiger partial charge in [-0.15, -0.1) is 0 Å². The van der Waals surface area contributed by atoms with Crippen LogP contribution in [0.5, 0.6) is 5.75 Å². The molecule has 2 aliphatic rings. The van der Waals surface area contributed by atoms with Gasteiger partial charge >= 0.3 is 0 Å². The first-order valence-corrected chi connectivity index (χ1v) is 7.30. The van der Waals surface area contributed by atoms with E-state index >= 15 is 0 Å². The first-order valence-electron chi connectivity index (χ1n) is 7.30. The van der Waals surface area contributed by atoms with Crippen molar-refractivity contribution in [2.45, 2.75) is 31.1 Å². The summed E-state index contributed by atoms with van der Waals surface area (Å²) in [6.07, 6.45) is 5.98. The fourth-order valence-electron chi connectivity index (χ4n) is 3.20. The van der Waals surface area contributed by atoms with E-state index in [0.29, 0.717) is 6.04 Å². The van der Waals surface area contributed by atoms with Crippen LogP contribution in [0.4, 0.5) is 0 Å². The molecule has 1 aliphatic carbocycles. The maximum absolute atomic E-state index is 6.05. The minimum Gasteiger partial charge on any atom is -0.486 e. The van der Waals surface area contributed by atoms with Gasteiger partial charge in [0.05, 0.1) is 19.4 Å². The van der Waals surface area contributed by atoms with Crippen LogP contribution in [0.2, 0.25) is 0 Å². The fraction of sp³-hybridized carbons (Fsp3) is 0.667. The Bertz CT molecular complexity index is 415. The van der Waals surface area contributed by atoms with E-state index in [1.54, 1.807) is 19.5 Å². The lowest BCUT2D eigenvalue weighted by Gasteiger charge is -2.38. The van der Waals surface area contributed by atoms with Gasteiger partial charge in [0.2, 0.25) is 0 Å². The molecule has 20 heavy (non-hydrogen) atoms. The van der Waals surface area contributed by atoms with Crippen molar-refractivity contribution in [2.75, 3.05) is 33.4 Å². The molecular weight excluding hydrogens is 256 g/mol. The minimum absolute atomic E-state index is 0.134. The van der Waals surface area contributed by atoms with Crippen LogP contribution in [0.1, 0.15) is 12.8 Å². The fourth-order valence-corrected chi connectivity index (χ4v) is 3.20. The zero-order chi connectivity index (χ0) is 13.8. The van der Waals surface area contributed by atoms with Crippen LogP contribution in [-0.4, -0.2) is 61.5 Å². The molecule has 0 radical (unpaired) electrons. The smallest absolute Gasteiger partial charge is 0.138 e. The Balaban J connectivity index is 1.62. The van der Waals surface area contributed by atoms with Crippen LogP contribution in [0.3, 0.4) is 0 Å². The Morgan fingerprint density at radius 1 is 1.45 bits per heavy atom. The largest absolute Gasteiger partial charge is 0.486 e. The molecule has 0 aromatic carbocycles. The van der Waals surface area contributed by atoms with Crippen LogP contribution >= 0.6 is 0 Å². The van der Waals surface area contributed by atoms with E-state index in [-0.39, 0.29) is 12.2 Å². The van der Waals surface area contributed by atoms with Gasteiger partial charge in [0.1, 0.15) is 18.0 Å². The van der Waals surface area contributed by atoms with Gasteiger partial charge < -0.3 is 14.2 Å². The van der Waals surface area contributed by atoms with Crippen molar-refractivity contribution in [1.82, 2.24) is 9.88 Å². The second kappa shape index (κ2) is 6.52. The molecular formula is C15H22N2O3. The number of hydrogen-bond acceptors (Lipinski definition) is 5. The summed E-state index contributed by atoms with van der Waals surface area (Å²) in [5.74, 6) is 0.829. The number of hydrogen-bond donors (Lipinski definition) is 0. The molecule has 110 valence electrons. The first kappa shape index (κ1) is 13.8. The number of fused-ring (bicyclic) bond motifs is 1. The summed E-state index contributed by atoms with van der Waals surface area (Å²) in [7, 11) is 1.75. The number of pyridine rings is 1. The number of nitrogens with zero attached hydrogens (tertiary/aromatic N) is 2. The van der Waals surface area contributed by atoms with Crippen LogP contribution in [0, 0.1) is 0 Å². The van der Waals surface area contributed by atoms with Gasteiger partial charge in [0, 0.05) is 32.4 Å². The summed E-state index contributed by atoms with van der Waals surface area (Å²) < 4.78 is 17.2. The maximum atomic E-state index is 6.05. The highest BCUT2D eigenvalue weighted by molar-refractivity contribution is 5.16. The molecule has 3 rings (SSSR count). The molecule has 0 N–H and O–H groups in total. The second-order valence-corrected chi connectivity index (χ2v) is 5.35. The van der Waals surface area contributed by atoms with Crippen LogP contribution in [0.15, 0.2) is 24.5 Å². The average molecular weight is 278 g/mol. The van der Waals surface area contributed by atoms with Gasteiger partial charge in [-0.05, 0) is 25.0 Å². The topological polar surface area (TPSA) is 43.8 Å². The normalized spacial score (nSPS) is 30.1. The third-order valence-corrected chi connectivity index (χ3v) is 4.15. The van der Waals surface area contributed by atoms with Crippen LogP contribution < -0.4 is 4.74 Å². The standard InChI is InChI=1S/C15H22N2O3/c1-18-9-7-17-8-10-19-15-13(17)4-5-14(15)20-12-3-2-6-16-11-12/h2-3,6,11,13-15H,4-5,7-10H2,1H3/t13-,14+,15+/m1/s1. The van der Waals surface area contributed by atoms with Gasteiger partial charge in [-0.3, -0.25) is 9.88 Å². The molecule has 3 atom stereocenters. The lowest BCUT2D eigenvalue weighted by molar-refractivity contribution is -0.0924. The minimum atomic E-state index is 0.134. The summed E-state index contributed by atoms with van der Waals surface area (Å²) in [5.41, 5.74) is 0. The van der Waals surface area contributed by atoms with E-state index in [4.69, 9.17) is 14.2 Å². The molecule has 1 saturated heterocycles. The molecule has 0 bridgehead atoms. The van der Waals surface area contributed by atoms with Crippen molar-refractivity contribution in [3.05, 3.63) is 24.5 Å². The molecule has 0 unspecified atom stereocenters. The average Bonchev–Trinajstić information content (AvgIpc) is 2.90. The van der Waals surface area contributed by atoms with E-state index in [1.807, 2.05) is 12.1 Å². The SMILES string of the molecule is COCCN1CCO[C@@H]2[C@@H](Oc3cccnc3)CC[C@H]21. The Labute approximate surface area is 119 Å². The van der Waals surface area contributed by atoms with Crippen molar-refractivity contribution in [3.63, 3.8) is 0 Å². The van der Waals surface area contributed by atoms with Crippen LogP contribution in [0.25, 0.3) is 0 Å². The Morgan fingerprint density at radius 2 is 2.40 bits per heavy atom. The van der Waals surface area contributed by atoms with Crippen molar-refractivity contribution in [2.24, 2.45) is 0 Å². The number of ether oxygens (including phenoxy) is 3. The van der Waals surface area contributed by atoms with Gasteiger partial charge in [-0.25, -0.2) is 0 Å². The predicted molar refractivity (Wildman–Crippen MR) is 74.9 cm³/mol. The van der Waals surface area contributed by atoms with E-state index in [9.17, 15) is 0 Å². The van der Waals surface area contributed by atoms with Crippen molar-refractivity contribution < 1.29 is 14.2 Å². The molecule has 1 aromatic heterocycles. The van der Waals surface area contributed by atoms with E-state index in [2.05, 4.69) is 9.88 Å². The van der Waals surface area contributed by atoms with E-state index in [0.717, 1.165) is 44.9 Å². The molecule has 5 nitrogen and oxygen atoms in total. The highest BCUT2D eigenvalue weighted by Gasteiger charge is 2.43. The highest BCUT2D eigenvalue weighted by Crippen LogP contribution is 2.32. The number of aromatic nitrogens is 1. The maximum Gasteiger partial charge on any atom is 0.138 e. The Morgan fingerprint density at radius 3 is 3.20 bits per heavy atom. The molecule has 2 fully saturated rings. The van der Waals surface area contributed by atoms with Crippen LogP contribution in [-0.2, 0) is 9.47 Å². The third-order valence-electron chi connectivity index (χ3n) is 4.15. The lowest BCUT2D eigenvalue weighted by Crippen LogP contribution is -2.52. The van der Waals surface area contributed by atoms with Gasteiger partial charge in [-0.2, -0.15) is 0 Å². The summed E-state index contributed by atoms with van der Waals surface area (Å²) in [6, 6.07) is 4.31. The van der Waals surface area contributed by atoms with Crippen molar-refractivity contribution >= 4 is 0 Å². The Kier molecular flexibility index (Phi) is 4.50. The summed E-state index contributed by atoms with van der Waals surface area (Å²) in [4.78, 5) is 6.57. The van der Waals surface area contributed by atoms with Gasteiger partial charge in [-0.1, -0.05) is 0 Å². The van der Waals surface area contributed by atoms with E-state index in [1.165, 1.54) is 0 Å². The second-order valence-electron chi connectivity index (χ2n) is 5.35. The van der Waals surface area contributed by atoms with Crippen molar-refractivity contribution in [3.8, 4) is 5.75 Å². The Hall–Kier alpha value is -1.17. The summed E-state index contributed by atoms with van der Waals surface area (Å²) >= 11 is 0. The number of morpholine rings is 1. The third kappa shape index (κ3) is 2.95. The zero-order valence-electron chi connectivity index (χ0n) is 11.9. The summed E-state index contributed by atoms with van der Waals surface area (Å²) in [5, 5.41) is 0. The molecule has 1 aliphatic heterocycles. The molecule has 0 spiro atoms.